The molecular formula is C20H26F2O. The Labute approximate surface area is 138 Å². The molecule has 0 aromatic heterocycles. The average Bonchev–Trinajstić information content (AvgIpc) is 2.58. The number of hydrogen-bond donors (Lipinski definition) is 0. The Kier molecular flexibility index (Phi) is 6.82. The fraction of sp³-hybridized carbons (Fsp3) is 0.500. The summed E-state index contributed by atoms with van der Waals surface area (Å²) in [5.41, 5.74) is 1.30. The highest BCUT2D eigenvalue weighted by molar-refractivity contribution is 5.67. The number of rotatable bonds is 8. The van der Waals surface area contributed by atoms with Crippen LogP contribution in [-0.2, 0) is 0 Å². The summed E-state index contributed by atoms with van der Waals surface area (Å²) in [5, 5.41) is 0. The molecular weight excluding hydrogens is 294 g/mol. The van der Waals surface area contributed by atoms with Crippen molar-refractivity contribution >= 4 is 5.57 Å². The Morgan fingerprint density at radius 3 is 2.78 bits per heavy atom. The van der Waals surface area contributed by atoms with E-state index in [4.69, 9.17) is 4.74 Å². The lowest BCUT2D eigenvalue weighted by Gasteiger charge is -2.22. The average molecular weight is 320 g/mol. The molecule has 0 fully saturated rings. The normalized spacial score (nSPS) is 17.7. The van der Waals surface area contributed by atoms with Crippen molar-refractivity contribution in [3.63, 3.8) is 0 Å². The molecule has 1 aliphatic carbocycles. The van der Waals surface area contributed by atoms with Gasteiger partial charge in [-0.15, -0.1) is 6.58 Å². The molecule has 126 valence electrons. The van der Waals surface area contributed by atoms with Crippen LogP contribution in [0, 0.1) is 17.6 Å². The molecule has 23 heavy (non-hydrogen) atoms. The zero-order valence-corrected chi connectivity index (χ0v) is 13.9. The number of benzene rings is 1. The van der Waals surface area contributed by atoms with E-state index in [1.807, 2.05) is 13.0 Å². The molecule has 1 nitrogen and oxygen atoms in total. The third-order valence-electron chi connectivity index (χ3n) is 4.45. The SMILES string of the molecule is C=CCCC1CC=C(c2ccc(OCCCC)c(F)c2F)CC1. The molecule has 0 spiro atoms. The van der Waals surface area contributed by atoms with E-state index >= 15 is 0 Å². The predicted molar refractivity (Wildman–Crippen MR) is 91.5 cm³/mol. The van der Waals surface area contributed by atoms with Gasteiger partial charge in [0.25, 0.3) is 0 Å². The van der Waals surface area contributed by atoms with Gasteiger partial charge in [-0.25, -0.2) is 4.39 Å². The van der Waals surface area contributed by atoms with Crippen LogP contribution in [0.2, 0.25) is 0 Å². The molecule has 0 N–H and O–H groups in total. The van der Waals surface area contributed by atoms with E-state index in [0.717, 1.165) is 50.5 Å². The lowest BCUT2D eigenvalue weighted by molar-refractivity contribution is 0.288. The van der Waals surface area contributed by atoms with Gasteiger partial charge >= 0.3 is 0 Å². The van der Waals surface area contributed by atoms with Crippen LogP contribution in [0.15, 0.2) is 30.9 Å². The fourth-order valence-electron chi connectivity index (χ4n) is 2.97. The smallest absolute Gasteiger partial charge is 0.201 e. The molecule has 0 heterocycles. The van der Waals surface area contributed by atoms with Gasteiger partial charge in [-0.05, 0) is 62.1 Å². The second-order valence-electron chi connectivity index (χ2n) is 6.18. The third kappa shape index (κ3) is 4.66. The molecule has 1 unspecified atom stereocenters. The van der Waals surface area contributed by atoms with E-state index in [9.17, 15) is 8.78 Å². The summed E-state index contributed by atoms with van der Waals surface area (Å²) in [5.74, 6) is -1.01. The maximum atomic E-state index is 14.3. The van der Waals surface area contributed by atoms with E-state index < -0.39 is 11.6 Å². The van der Waals surface area contributed by atoms with Gasteiger partial charge in [0, 0.05) is 5.56 Å². The van der Waals surface area contributed by atoms with Crippen LogP contribution in [0.5, 0.6) is 5.75 Å². The lowest BCUT2D eigenvalue weighted by Crippen LogP contribution is -2.07. The lowest BCUT2D eigenvalue weighted by atomic mass is 9.84. The van der Waals surface area contributed by atoms with Gasteiger partial charge in [-0.1, -0.05) is 25.5 Å². The minimum atomic E-state index is -0.867. The van der Waals surface area contributed by atoms with Gasteiger partial charge < -0.3 is 4.74 Å². The number of halogens is 2. The molecule has 0 saturated carbocycles. The van der Waals surface area contributed by atoms with Gasteiger partial charge in [0.1, 0.15) is 0 Å². The van der Waals surface area contributed by atoms with Crippen LogP contribution in [0.3, 0.4) is 0 Å². The summed E-state index contributed by atoms with van der Waals surface area (Å²) in [7, 11) is 0. The summed E-state index contributed by atoms with van der Waals surface area (Å²) >= 11 is 0. The van der Waals surface area contributed by atoms with Crippen molar-refractivity contribution in [2.45, 2.75) is 51.9 Å². The van der Waals surface area contributed by atoms with Crippen molar-refractivity contribution < 1.29 is 13.5 Å². The largest absolute Gasteiger partial charge is 0.490 e. The maximum absolute atomic E-state index is 14.3. The van der Waals surface area contributed by atoms with Crippen molar-refractivity contribution in [2.24, 2.45) is 5.92 Å². The van der Waals surface area contributed by atoms with Crippen LogP contribution in [0.1, 0.15) is 57.4 Å². The summed E-state index contributed by atoms with van der Waals surface area (Å²) in [6, 6.07) is 3.20. The monoisotopic (exact) mass is 320 g/mol. The number of unbranched alkanes of at least 4 members (excludes halogenated alkanes) is 1. The standard InChI is InChI=1S/C20H26F2O/c1-3-5-7-15-8-10-16(11-9-15)17-12-13-18(20(22)19(17)21)23-14-6-4-2/h3,10,12-13,15H,1,4-9,11,14H2,2H3. The minimum absolute atomic E-state index is 0.0139. The zero-order chi connectivity index (χ0) is 16.7. The highest BCUT2D eigenvalue weighted by atomic mass is 19.2. The van der Waals surface area contributed by atoms with Crippen LogP contribution >= 0.6 is 0 Å². The first kappa shape index (κ1) is 17.7. The van der Waals surface area contributed by atoms with Crippen molar-refractivity contribution in [3.8, 4) is 5.75 Å². The molecule has 1 aromatic rings. The van der Waals surface area contributed by atoms with Crippen molar-refractivity contribution in [2.75, 3.05) is 6.61 Å². The molecule has 0 saturated heterocycles. The first-order valence-corrected chi connectivity index (χ1v) is 8.58. The quantitative estimate of drug-likeness (QED) is 0.404. The molecule has 1 aliphatic rings. The molecule has 0 aliphatic heterocycles. The second kappa shape index (κ2) is 8.85. The molecule has 0 radical (unpaired) electrons. The Balaban J connectivity index is 2.07. The van der Waals surface area contributed by atoms with E-state index in [0.29, 0.717) is 18.1 Å². The van der Waals surface area contributed by atoms with Gasteiger partial charge in [0.15, 0.2) is 11.6 Å². The van der Waals surface area contributed by atoms with Crippen LogP contribution in [0.25, 0.3) is 5.57 Å². The van der Waals surface area contributed by atoms with Crippen LogP contribution < -0.4 is 4.74 Å². The van der Waals surface area contributed by atoms with Crippen LogP contribution in [0.4, 0.5) is 8.78 Å². The van der Waals surface area contributed by atoms with Crippen molar-refractivity contribution in [1.82, 2.24) is 0 Å². The third-order valence-corrected chi connectivity index (χ3v) is 4.45. The van der Waals surface area contributed by atoms with Crippen molar-refractivity contribution in [3.05, 3.63) is 48.1 Å². The van der Waals surface area contributed by atoms with Gasteiger partial charge in [0.05, 0.1) is 6.61 Å². The Hall–Kier alpha value is -1.64. The predicted octanol–water partition coefficient (Wildman–Crippen LogP) is 6.29. The number of ether oxygens (including phenoxy) is 1. The van der Waals surface area contributed by atoms with Gasteiger partial charge in [-0.3, -0.25) is 0 Å². The van der Waals surface area contributed by atoms with E-state index in [1.54, 1.807) is 12.1 Å². The Morgan fingerprint density at radius 1 is 1.30 bits per heavy atom. The highest BCUT2D eigenvalue weighted by Gasteiger charge is 2.20. The summed E-state index contributed by atoms with van der Waals surface area (Å²) in [6.07, 6.45) is 10.7. The molecule has 0 bridgehead atoms. The Bertz CT molecular complexity index is 563. The molecule has 3 heteroatoms. The second-order valence-corrected chi connectivity index (χ2v) is 6.18. The van der Waals surface area contributed by atoms with E-state index in [1.165, 1.54) is 0 Å². The Morgan fingerprint density at radius 2 is 2.13 bits per heavy atom. The van der Waals surface area contributed by atoms with Gasteiger partial charge in [-0.2, -0.15) is 4.39 Å². The first-order chi connectivity index (χ1) is 11.2. The van der Waals surface area contributed by atoms with E-state index in [-0.39, 0.29) is 5.75 Å². The summed E-state index contributed by atoms with van der Waals surface area (Å²) in [6.45, 7) is 6.19. The minimum Gasteiger partial charge on any atom is -0.490 e. The van der Waals surface area contributed by atoms with E-state index in [2.05, 4.69) is 12.7 Å². The first-order valence-electron chi connectivity index (χ1n) is 8.58. The maximum Gasteiger partial charge on any atom is 0.201 e. The molecule has 2 rings (SSSR count). The topological polar surface area (TPSA) is 9.23 Å². The summed E-state index contributed by atoms with van der Waals surface area (Å²) < 4.78 is 33.8. The van der Waals surface area contributed by atoms with Gasteiger partial charge in [0.2, 0.25) is 5.82 Å². The van der Waals surface area contributed by atoms with Crippen molar-refractivity contribution in [1.29, 1.82) is 0 Å². The van der Waals surface area contributed by atoms with Crippen LogP contribution in [-0.4, -0.2) is 6.61 Å². The number of allylic oxidation sites excluding steroid dienone is 3. The summed E-state index contributed by atoms with van der Waals surface area (Å²) in [4.78, 5) is 0. The molecule has 0 amide bonds. The zero-order valence-electron chi connectivity index (χ0n) is 13.9. The molecule has 1 atom stereocenters. The molecule has 1 aromatic carbocycles. The number of hydrogen-bond acceptors (Lipinski definition) is 1. The fourth-order valence-corrected chi connectivity index (χ4v) is 2.97. The highest BCUT2D eigenvalue weighted by Crippen LogP contribution is 2.35.